The second-order valence-corrected chi connectivity index (χ2v) is 9.45. The Morgan fingerprint density at radius 3 is 2.67 bits per heavy atom. The standard InChI is InChI=1S/C24H30ClN7O3S/c1-26-17-9-11-32(12-10-17)18-7-8-21(22(13-18)35-2)30-24-27-15-19(25)23(31-24)29-20-6-4-3-5-16(20)14-28-36(33)34/h3-8,13,15,17,26,28H,9-12,14H2,1-2H3,(H,33,34)(H2,27,29,30,31)/p-1. The SMILES string of the molecule is CNC1CCN(c2ccc(Nc3ncc(Cl)c(Nc4ccccc4CNS(=O)[O-])n3)c(OC)c2)CC1. The smallest absolute Gasteiger partial charge is 0.229 e. The third-order valence-electron chi connectivity index (χ3n) is 6.09. The summed E-state index contributed by atoms with van der Waals surface area (Å²) in [6, 6.07) is 13.9. The van der Waals surface area contributed by atoms with Crippen LogP contribution >= 0.6 is 11.6 Å². The van der Waals surface area contributed by atoms with E-state index in [0.717, 1.165) is 42.9 Å². The minimum atomic E-state index is -2.37. The minimum Gasteiger partial charge on any atom is -0.760 e. The molecule has 1 aliphatic rings. The summed E-state index contributed by atoms with van der Waals surface area (Å²) in [5.74, 6) is 1.39. The predicted molar refractivity (Wildman–Crippen MR) is 143 cm³/mol. The van der Waals surface area contributed by atoms with E-state index in [4.69, 9.17) is 16.3 Å². The van der Waals surface area contributed by atoms with Gasteiger partial charge in [0.25, 0.3) is 0 Å². The fourth-order valence-corrected chi connectivity index (χ4v) is 4.51. The van der Waals surface area contributed by atoms with Crippen molar-refractivity contribution in [2.24, 2.45) is 0 Å². The van der Waals surface area contributed by atoms with Gasteiger partial charge in [-0.3, -0.25) is 4.21 Å². The van der Waals surface area contributed by atoms with E-state index in [1.54, 1.807) is 7.11 Å². The highest BCUT2D eigenvalue weighted by Gasteiger charge is 2.19. The van der Waals surface area contributed by atoms with E-state index in [2.05, 4.69) is 41.6 Å². The molecule has 36 heavy (non-hydrogen) atoms. The maximum atomic E-state index is 10.9. The third-order valence-corrected chi connectivity index (χ3v) is 6.75. The second kappa shape index (κ2) is 12.3. The molecule has 12 heteroatoms. The Labute approximate surface area is 218 Å². The summed E-state index contributed by atoms with van der Waals surface area (Å²) in [7, 11) is 3.64. The molecule has 1 aromatic heterocycles. The molecule has 10 nitrogen and oxygen atoms in total. The third kappa shape index (κ3) is 6.62. The van der Waals surface area contributed by atoms with Crippen LogP contribution in [0.5, 0.6) is 5.75 Å². The Kier molecular flexibility index (Phi) is 8.94. The average molecular weight is 531 g/mol. The molecule has 1 saturated heterocycles. The Morgan fingerprint density at radius 2 is 1.94 bits per heavy atom. The number of ether oxygens (including phenoxy) is 1. The van der Waals surface area contributed by atoms with Crippen molar-refractivity contribution in [2.75, 3.05) is 42.8 Å². The Bertz CT molecular complexity index is 1210. The highest BCUT2D eigenvalue weighted by atomic mass is 35.5. The number of nitrogens with one attached hydrogen (secondary N) is 4. The highest BCUT2D eigenvalue weighted by molar-refractivity contribution is 7.77. The van der Waals surface area contributed by atoms with Crippen LogP contribution < -0.4 is 30.3 Å². The Hall–Kier alpha value is -2.96. The Balaban J connectivity index is 1.50. The van der Waals surface area contributed by atoms with E-state index in [0.29, 0.717) is 34.3 Å². The first-order chi connectivity index (χ1) is 17.5. The Morgan fingerprint density at radius 1 is 1.17 bits per heavy atom. The number of halogens is 1. The van der Waals surface area contributed by atoms with Gasteiger partial charge in [-0.1, -0.05) is 29.8 Å². The van der Waals surface area contributed by atoms with Crippen LogP contribution in [0.1, 0.15) is 18.4 Å². The largest absolute Gasteiger partial charge is 0.760 e. The number of para-hydroxylation sites is 1. The molecule has 0 radical (unpaired) electrons. The number of hydrogen-bond donors (Lipinski definition) is 4. The van der Waals surface area contributed by atoms with E-state index in [-0.39, 0.29) is 6.54 Å². The summed E-state index contributed by atoms with van der Waals surface area (Å²) in [5, 5.41) is 10.1. The van der Waals surface area contributed by atoms with Gasteiger partial charge in [0.15, 0.2) is 5.82 Å². The van der Waals surface area contributed by atoms with Crippen LogP contribution in [0.4, 0.5) is 28.8 Å². The molecule has 0 aliphatic carbocycles. The van der Waals surface area contributed by atoms with E-state index >= 15 is 0 Å². The zero-order valence-corrected chi connectivity index (χ0v) is 21.7. The van der Waals surface area contributed by atoms with Gasteiger partial charge in [0.1, 0.15) is 10.8 Å². The molecule has 4 N–H and O–H groups in total. The van der Waals surface area contributed by atoms with E-state index in [1.807, 2.05) is 43.4 Å². The molecule has 1 unspecified atom stereocenters. The van der Waals surface area contributed by atoms with Crippen LogP contribution in [-0.2, 0) is 17.8 Å². The van der Waals surface area contributed by atoms with Crippen LogP contribution in [0.15, 0.2) is 48.7 Å². The lowest BCUT2D eigenvalue weighted by molar-refractivity contribution is 0.415. The predicted octanol–water partition coefficient (Wildman–Crippen LogP) is 3.70. The fourth-order valence-electron chi connectivity index (χ4n) is 4.10. The van der Waals surface area contributed by atoms with Crippen LogP contribution in [0.2, 0.25) is 5.02 Å². The van der Waals surface area contributed by atoms with Gasteiger partial charge in [0, 0.05) is 54.4 Å². The summed E-state index contributed by atoms with van der Waals surface area (Å²) < 4.78 is 29.8. The molecule has 2 heterocycles. The summed E-state index contributed by atoms with van der Waals surface area (Å²) in [4.78, 5) is 11.2. The number of aromatic nitrogens is 2. The monoisotopic (exact) mass is 530 g/mol. The number of hydrogen-bond acceptors (Lipinski definition) is 9. The number of nitrogens with zero attached hydrogens (tertiary/aromatic N) is 3. The molecule has 1 aliphatic heterocycles. The average Bonchev–Trinajstić information content (AvgIpc) is 2.90. The van der Waals surface area contributed by atoms with Crippen LogP contribution in [0.3, 0.4) is 0 Å². The molecule has 4 rings (SSSR count). The number of benzene rings is 2. The molecular formula is C24H29ClN7O3S-. The lowest BCUT2D eigenvalue weighted by Gasteiger charge is -2.33. The van der Waals surface area contributed by atoms with E-state index in [1.165, 1.54) is 6.20 Å². The topological polar surface area (TPSA) is 126 Å². The number of methoxy groups -OCH3 is 1. The highest BCUT2D eigenvalue weighted by Crippen LogP contribution is 2.33. The molecule has 0 saturated carbocycles. The van der Waals surface area contributed by atoms with Crippen LogP contribution in [0.25, 0.3) is 0 Å². The van der Waals surface area contributed by atoms with E-state index < -0.39 is 11.3 Å². The van der Waals surface area contributed by atoms with Crippen LogP contribution in [-0.4, -0.2) is 52.0 Å². The number of piperidine rings is 1. The molecule has 192 valence electrons. The molecule has 0 spiro atoms. The van der Waals surface area contributed by atoms with Gasteiger partial charge in [-0.2, -0.15) is 4.98 Å². The lowest BCUT2D eigenvalue weighted by atomic mass is 10.0. The van der Waals surface area contributed by atoms with Gasteiger partial charge in [0.2, 0.25) is 5.95 Å². The van der Waals surface area contributed by atoms with E-state index in [9.17, 15) is 8.76 Å². The minimum absolute atomic E-state index is 0.128. The molecule has 0 bridgehead atoms. The molecule has 1 atom stereocenters. The van der Waals surface area contributed by atoms with Gasteiger partial charge in [-0.25, -0.2) is 9.71 Å². The van der Waals surface area contributed by atoms with Crippen molar-refractivity contribution in [1.29, 1.82) is 0 Å². The summed E-state index contributed by atoms with van der Waals surface area (Å²) in [6.45, 7) is 2.10. The van der Waals surface area contributed by atoms with Crippen molar-refractivity contribution in [2.45, 2.75) is 25.4 Å². The maximum absolute atomic E-state index is 10.9. The quantitative estimate of drug-likeness (QED) is 0.290. The van der Waals surface area contributed by atoms with Crippen molar-refractivity contribution in [1.82, 2.24) is 20.0 Å². The molecule has 2 aromatic carbocycles. The summed E-state index contributed by atoms with van der Waals surface area (Å²) >= 11 is 3.98. The molecule has 1 fully saturated rings. The number of rotatable bonds is 10. The first-order valence-electron chi connectivity index (χ1n) is 11.5. The first kappa shape index (κ1) is 26.1. The maximum Gasteiger partial charge on any atom is 0.229 e. The fraction of sp³-hybridized carbons (Fsp3) is 0.333. The van der Waals surface area contributed by atoms with Crippen molar-refractivity contribution in [3.63, 3.8) is 0 Å². The van der Waals surface area contributed by atoms with Crippen molar-refractivity contribution in [3.8, 4) is 5.75 Å². The summed E-state index contributed by atoms with van der Waals surface area (Å²) in [5.41, 5.74) is 3.24. The molecule has 0 amide bonds. The summed E-state index contributed by atoms with van der Waals surface area (Å²) in [6.07, 6.45) is 3.70. The van der Waals surface area contributed by atoms with Gasteiger partial charge < -0.3 is 30.1 Å². The normalized spacial score (nSPS) is 14.9. The van der Waals surface area contributed by atoms with Gasteiger partial charge in [0.05, 0.1) is 19.0 Å². The van der Waals surface area contributed by atoms with Gasteiger partial charge in [-0.05, 0) is 43.7 Å². The van der Waals surface area contributed by atoms with Crippen molar-refractivity contribution < 1.29 is 13.5 Å². The lowest BCUT2D eigenvalue weighted by Crippen LogP contribution is -2.41. The van der Waals surface area contributed by atoms with Crippen LogP contribution in [0, 0.1) is 0 Å². The van der Waals surface area contributed by atoms with Gasteiger partial charge in [-0.15, -0.1) is 0 Å². The molecular weight excluding hydrogens is 502 g/mol. The van der Waals surface area contributed by atoms with Gasteiger partial charge >= 0.3 is 0 Å². The zero-order valence-electron chi connectivity index (χ0n) is 20.1. The first-order valence-corrected chi connectivity index (χ1v) is 13.0. The zero-order chi connectivity index (χ0) is 25.5. The molecule has 3 aromatic rings. The second-order valence-electron chi connectivity index (χ2n) is 8.29. The van der Waals surface area contributed by atoms with Crippen molar-refractivity contribution >= 4 is 51.7 Å². The number of anilines is 5. The van der Waals surface area contributed by atoms with Crippen molar-refractivity contribution in [3.05, 3.63) is 59.2 Å².